The molecule has 0 aliphatic rings. The minimum atomic E-state index is 1.14. The molecule has 1 aromatic rings. The van der Waals surface area contributed by atoms with E-state index in [1.54, 1.807) is 5.56 Å². The molecular weight excluding hydrogens is 482 g/mol. The van der Waals surface area contributed by atoms with Crippen molar-refractivity contribution >= 4 is 0 Å². The largest absolute Gasteiger partial charge is 0.299 e. The lowest BCUT2D eigenvalue weighted by Gasteiger charge is -2.24. The summed E-state index contributed by atoms with van der Waals surface area (Å²) in [5.74, 6) is 0. The average Bonchev–Trinajstić information content (AvgIpc) is 2.96. The Hall–Kier alpha value is -0.820. The number of unbranched alkanes of at least 4 members (excludes halogenated alkanes) is 24. The van der Waals surface area contributed by atoms with Gasteiger partial charge in [0.25, 0.3) is 0 Å². The summed E-state index contributed by atoms with van der Waals surface area (Å²) in [6, 6.07) is 6.89. The lowest BCUT2D eigenvalue weighted by molar-refractivity contribution is 0.251. The van der Waals surface area contributed by atoms with Crippen LogP contribution < -0.4 is 0 Å². The molecule has 0 saturated carbocycles. The van der Waals surface area contributed by atoms with Gasteiger partial charge >= 0.3 is 0 Å². The van der Waals surface area contributed by atoms with Crippen molar-refractivity contribution in [2.24, 2.45) is 0 Å². The van der Waals surface area contributed by atoms with Gasteiger partial charge in [0.15, 0.2) is 0 Å². The molecule has 1 aromatic carbocycles. The lowest BCUT2D eigenvalue weighted by Crippen LogP contribution is -2.26. The highest BCUT2D eigenvalue weighted by Crippen LogP contribution is 2.18. The molecule has 0 N–H and O–H groups in total. The zero-order valence-corrected chi connectivity index (χ0v) is 28.2. The van der Waals surface area contributed by atoms with Crippen LogP contribution >= 0.6 is 0 Å². The normalized spacial score (nSPS) is 11.6. The van der Waals surface area contributed by atoms with Crippen LogP contribution in [0.3, 0.4) is 0 Å². The minimum Gasteiger partial charge on any atom is -0.299 e. The zero-order valence-electron chi connectivity index (χ0n) is 28.2. The van der Waals surface area contributed by atoms with E-state index in [0.29, 0.717) is 0 Å². The summed E-state index contributed by atoms with van der Waals surface area (Å²) in [6.07, 6.45) is 37.4. The second-order valence-electron chi connectivity index (χ2n) is 13.1. The lowest BCUT2D eigenvalue weighted by atomic mass is 10.0. The van der Waals surface area contributed by atoms with Crippen LogP contribution in [0.4, 0.5) is 0 Å². The first-order chi connectivity index (χ1) is 19.7. The minimum absolute atomic E-state index is 1.14. The highest BCUT2D eigenvalue weighted by Gasteiger charge is 2.09. The summed E-state index contributed by atoms with van der Waals surface area (Å²) in [4.78, 5) is 2.78. The van der Waals surface area contributed by atoms with Crippen molar-refractivity contribution < 1.29 is 0 Å². The number of rotatable bonds is 30. The molecule has 0 aliphatic heterocycles. The van der Waals surface area contributed by atoms with Crippen LogP contribution in [0.2, 0.25) is 0 Å². The predicted octanol–water partition coefficient (Wildman–Crippen LogP) is 13.3. The van der Waals surface area contributed by atoms with Crippen LogP contribution in [0.15, 0.2) is 18.2 Å². The fourth-order valence-electron chi connectivity index (χ4n) is 6.20. The van der Waals surface area contributed by atoms with E-state index in [1.807, 2.05) is 0 Å². The van der Waals surface area contributed by atoms with Gasteiger partial charge in [-0.15, -0.1) is 0 Å². The van der Waals surface area contributed by atoms with Crippen molar-refractivity contribution in [3.63, 3.8) is 0 Å². The third-order valence-electron chi connectivity index (χ3n) is 9.27. The Morgan fingerprint density at radius 3 is 1.10 bits per heavy atom. The van der Waals surface area contributed by atoms with Gasteiger partial charge < -0.3 is 0 Å². The monoisotopic (exact) mass is 556 g/mol. The molecule has 0 amide bonds. The summed E-state index contributed by atoms with van der Waals surface area (Å²) >= 11 is 0. The van der Waals surface area contributed by atoms with Crippen LogP contribution in [0, 0.1) is 13.8 Å². The van der Waals surface area contributed by atoms with Crippen molar-refractivity contribution in [3.8, 4) is 0 Å². The average molecular weight is 556 g/mol. The maximum absolute atomic E-state index is 2.78. The van der Waals surface area contributed by atoms with E-state index in [0.717, 1.165) is 6.54 Å². The first-order valence-corrected chi connectivity index (χ1v) is 18.5. The van der Waals surface area contributed by atoms with Crippen LogP contribution in [-0.2, 0) is 6.54 Å². The number of nitrogens with zero attached hydrogens (tertiary/aromatic N) is 1. The van der Waals surface area contributed by atoms with Gasteiger partial charge in [-0.1, -0.05) is 186 Å². The number of benzene rings is 1. The molecule has 0 aliphatic carbocycles. The van der Waals surface area contributed by atoms with Gasteiger partial charge in [-0.2, -0.15) is 0 Å². The Morgan fingerprint density at radius 1 is 0.425 bits per heavy atom. The molecule has 1 heteroatoms. The van der Waals surface area contributed by atoms with Gasteiger partial charge in [0, 0.05) is 6.54 Å². The Kier molecular flexibility index (Phi) is 26.3. The second-order valence-corrected chi connectivity index (χ2v) is 13.1. The van der Waals surface area contributed by atoms with E-state index < -0.39 is 0 Å². The van der Waals surface area contributed by atoms with Crippen molar-refractivity contribution in [2.45, 2.75) is 201 Å². The molecule has 0 radical (unpaired) electrons. The van der Waals surface area contributed by atoms with Gasteiger partial charge in [0.1, 0.15) is 0 Å². The van der Waals surface area contributed by atoms with Crippen LogP contribution in [0.1, 0.15) is 197 Å². The Morgan fingerprint density at radius 2 is 0.750 bits per heavy atom. The quantitative estimate of drug-likeness (QED) is 0.0853. The van der Waals surface area contributed by atoms with E-state index >= 15 is 0 Å². The summed E-state index contributed by atoms with van der Waals surface area (Å²) in [7, 11) is 0. The second kappa shape index (κ2) is 28.3. The molecule has 0 spiro atoms. The van der Waals surface area contributed by atoms with E-state index in [1.165, 1.54) is 191 Å². The number of hydrogen-bond acceptors (Lipinski definition) is 1. The fourth-order valence-corrected chi connectivity index (χ4v) is 6.20. The molecule has 0 fully saturated rings. The first kappa shape index (κ1) is 37.2. The molecule has 0 atom stereocenters. The van der Waals surface area contributed by atoms with Gasteiger partial charge in [-0.05, 0) is 56.5 Å². The van der Waals surface area contributed by atoms with Crippen molar-refractivity contribution in [1.82, 2.24) is 4.90 Å². The third kappa shape index (κ3) is 21.9. The first-order valence-electron chi connectivity index (χ1n) is 18.5. The standard InChI is InChI=1S/C39H73N/c1-5-7-9-11-13-15-17-19-20-22-24-26-28-30-35-40(36-39-33-31-32-37(3)38(39)4)34-29-27-25-23-21-18-16-14-12-10-8-6-2/h31-33H,5-30,34-36H2,1-4H3. The molecule has 1 rings (SSSR count). The summed E-state index contributed by atoms with van der Waals surface area (Å²) in [6.45, 7) is 12.9. The van der Waals surface area contributed by atoms with E-state index in [2.05, 4.69) is 50.8 Å². The number of aryl methyl sites for hydroxylation is 1. The third-order valence-corrected chi connectivity index (χ3v) is 9.27. The van der Waals surface area contributed by atoms with Crippen molar-refractivity contribution in [1.29, 1.82) is 0 Å². The molecular formula is C39H73N. The highest BCUT2D eigenvalue weighted by molar-refractivity contribution is 5.32. The maximum Gasteiger partial charge on any atom is 0.0236 e. The van der Waals surface area contributed by atoms with Crippen LogP contribution in [0.25, 0.3) is 0 Å². The molecule has 40 heavy (non-hydrogen) atoms. The molecule has 1 nitrogen and oxygen atoms in total. The van der Waals surface area contributed by atoms with Crippen molar-refractivity contribution in [3.05, 3.63) is 34.9 Å². The van der Waals surface area contributed by atoms with Gasteiger partial charge in [0.2, 0.25) is 0 Å². The molecule has 0 bridgehead atoms. The fraction of sp³-hybridized carbons (Fsp3) is 0.846. The van der Waals surface area contributed by atoms with E-state index in [-0.39, 0.29) is 0 Å². The van der Waals surface area contributed by atoms with E-state index in [4.69, 9.17) is 0 Å². The van der Waals surface area contributed by atoms with Crippen molar-refractivity contribution in [2.75, 3.05) is 13.1 Å². The SMILES string of the molecule is CCCCCCCCCCCCCCCCN(CCCCCCCCCCCCCC)Cc1cccc(C)c1C. The highest BCUT2D eigenvalue weighted by atomic mass is 15.1. The smallest absolute Gasteiger partial charge is 0.0236 e. The molecule has 0 aromatic heterocycles. The number of hydrogen-bond donors (Lipinski definition) is 0. The van der Waals surface area contributed by atoms with E-state index in [9.17, 15) is 0 Å². The van der Waals surface area contributed by atoms with Gasteiger partial charge in [-0.25, -0.2) is 0 Å². The van der Waals surface area contributed by atoms with Crippen LogP contribution in [-0.4, -0.2) is 18.0 Å². The van der Waals surface area contributed by atoms with Gasteiger partial charge in [-0.3, -0.25) is 4.90 Å². The molecule has 234 valence electrons. The Labute approximate surface area is 253 Å². The zero-order chi connectivity index (χ0) is 28.9. The van der Waals surface area contributed by atoms with Crippen LogP contribution in [0.5, 0.6) is 0 Å². The molecule has 0 heterocycles. The maximum atomic E-state index is 2.78. The predicted molar refractivity (Wildman–Crippen MR) is 183 cm³/mol. The van der Waals surface area contributed by atoms with Gasteiger partial charge in [0.05, 0.1) is 0 Å². The summed E-state index contributed by atoms with van der Waals surface area (Å²) < 4.78 is 0. The molecule has 0 unspecified atom stereocenters. The Balaban J connectivity index is 2.16. The Bertz CT molecular complexity index is 650. The molecule has 0 saturated heterocycles. The topological polar surface area (TPSA) is 3.24 Å². The summed E-state index contributed by atoms with van der Waals surface area (Å²) in [5, 5.41) is 0. The summed E-state index contributed by atoms with van der Waals surface area (Å²) in [5.41, 5.74) is 4.49.